The summed E-state index contributed by atoms with van der Waals surface area (Å²) in [6.45, 7) is 0. The molecule has 110 valence electrons. The molecule has 0 radical (unpaired) electrons. The number of nitrogens with two attached hydrogens (primary N) is 2. The summed E-state index contributed by atoms with van der Waals surface area (Å²) in [4.78, 5) is 23.7. The summed E-state index contributed by atoms with van der Waals surface area (Å²) in [6.07, 6.45) is 0. The Morgan fingerprint density at radius 2 is 1.14 bits per heavy atom. The topological polar surface area (TPSA) is 110 Å². The molecule has 3 aromatic rings. The molecule has 3 aromatic carbocycles. The van der Waals surface area contributed by atoms with Crippen LogP contribution in [0.5, 0.6) is 0 Å². The molecule has 6 heteroatoms. The first-order chi connectivity index (χ1) is 10.7. The van der Waals surface area contributed by atoms with Crippen molar-refractivity contribution in [2.24, 2.45) is 11.7 Å². The lowest BCUT2D eigenvalue weighted by molar-refractivity contribution is 0.0947. The van der Waals surface area contributed by atoms with Crippen molar-refractivity contribution in [2.75, 3.05) is 0 Å². The van der Waals surface area contributed by atoms with Crippen molar-refractivity contribution in [2.45, 2.75) is 0 Å². The van der Waals surface area contributed by atoms with Gasteiger partial charge in [-0.3, -0.25) is 20.4 Å². The predicted octanol–water partition coefficient (Wildman–Crippen LogP) is 1.20. The molecule has 0 unspecified atom stereocenters. The highest BCUT2D eigenvalue weighted by Crippen LogP contribution is 2.27. The molecule has 0 atom stereocenters. The fourth-order valence-corrected chi connectivity index (χ4v) is 2.60. The fourth-order valence-electron chi connectivity index (χ4n) is 2.60. The van der Waals surface area contributed by atoms with Gasteiger partial charge in [-0.25, -0.2) is 11.7 Å². The molecule has 6 N–H and O–H groups in total. The summed E-state index contributed by atoms with van der Waals surface area (Å²) in [6, 6.07) is 14.4. The number of hydrogen-bond acceptors (Lipinski definition) is 4. The normalized spacial score (nSPS) is 10.6. The summed E-state index contributed by atoms with van der Waals surface area (Å²) in [5.41, 5.74) is 5.25. The standard InChI is InChI=1S/C16H14N4O2/c17-19-15(21)11-5-1-3-9-7-14-10(8-13(9)11)4-2-6-12(14)16(22)20-18/h1-8H,17-18H2,(H,19,21)(H,20,22). The number of benzene rings is 3. The second-order valence-corrected chi connectivity index (χ2v) is 4.85. The molecule has 0 spiro atoms. The van der Waals surface area contributed by atoms with E-state index >= 15 is 0 Å². The Morgan fingerprint density at radius 1 is 0.727 bits per heavy atom. The van der Waals surface area contributed by atoms with Gasteiger partial charge in [0.1, 0.15) is 0 Å². The van der Waals surface area contributed by atoms with Crippen LogP contribution in [0.3, 0.4) is 0 Å². The van der Waals surface area contributed by atoms with Crippen molar-refractivity contribution in [3.63, 3.8) is 0 Å². The Balaban J connectivity index is 2.36. The minimum atomic E-state index is -0.360. The second-order valence-electron chi connectivity index (χ2n) is 4.85. The summed E-state index contributed by atoms with van der Waals surface area (Å²) in [5.74, 6) is 9.73. The largest absolute Gasteiger partial charge is 0.290 e. The number of carbonyl (C=O) groups excluding carboxylic acids is 2. The van der Waals surface area contributed by atoms with Crippen LogP contribution in [0.15, 0.2) is 48.5 Å². The highest BCUT2D eigenvalue weighted by molar-refractivity contribution is 6.14. The first kappa shape index (κ1) is 14.0. The molecule has 6 nitrogen and oxygen atoms in total. The summed E-state index contributed by atoms with van der Waals surface area (Å²) in [7, 11) is 0. The minimum absolute atomic E-state index is 0.360. The van der Waals surface area contributed by atoms with Crippen LogP contribution in [0.25, 0.3) is 21.5 Å². The van der Waals surface area contributed by atoms with Gasteiger partial charge in [0.15, 0.2) is 0 Å². The second kappa shape index (κ2) is 5.44. The number of hydrazine groups is 2. The number of carbonyl (C=O) groups is 2. The zero-order chi connectivity index (χ0) is 15.7. The zero-order valence-corrected chi connectivity index (χ0v) is 11.6. The van der Waals surface area contributed by atoms with Gasteiger partial charge in [0.25, 0.3) is 11.8 Å². The van der Waals surface area contributed by atoms with E-state index in [0.717, 1.165) is 21.5 Å². The average molecular weight is 294 g/mol. The number of nitrogen functional groups attached to an aromatic ring is 2. The van der Waals surface area contributed by atoms with Gasteiger partial charge in [-0.1, -0.05) is 24.3 Å². The molecule has 0 saturated carbocycles. The molecule has 0 aliphatic carbocycles. The molecule has 0 fully saturated rings. The van der Waals surface area contributed by atoms with E-state index in [9.17, 15) is 9.59 Å². The van der Waals surface area contributed by atoms with Crippen LogP contribution in [0.4, 0.5) is 0 Å². The fraction of sp³-hybridized carbons (Fsp3) is 0. The van der Waals surface area contributed by atoms with E-state index in [-0.39, 0.29) is 11.8 Å². The maximum Gasteiger partial charge on any atom is 0.265 e. The Morgan fingerprint density at radius 3 is 1.50 bits per heavy atom. The highest BCUT2D eigenvalue weighted by atomic mass is 16.2. The molecular weight excluding hydrogens is 280 g/mol. The lowest BCUT2D eigenvalue weighted by Gasteiger charge is -2.10. The quantitative estimate of drug-likeness (QED) is 0.246. The Kier molecular flexibility index (Phi) is 3.46. The van der Waals surface area contributed by atoms with Crippen LogP contribution in [0.1, 0.15) is 20.7 Å². The van der Waals surface area contributed by atoms with E-state index < -0.39 is 0 Å². The molecule has 22 heavy (non-hydrogen) atoms. The molecule has 0 bridgehead atoms. The van der Waals surface area contributed by atoms with Crippen molar-refractivity contribution in [3.8, 4) is 0 Å². The monoisotopic (exact) mass is 294 g/mol. The summed E-state index contributed by atoms with van der Waals surface area (Å²) < 4.78 is 0. The Hall–Kier alpha value is -2.96. The van der Waals surface area contributed by atoms with Gasteiger partial charge in [-0.15, -0.1) is 0 Å². The molecule has 0 heterocycles. The van der Waals surface area contributed by atoms with Gasteiger partial charge in [0.05, 0.1) is 0 Å². The number of fused-ring (bicyclic) bond motifs is 2. The molecule has 0 aromatic heterocycles. The van der Waals surface area contributed by atoms with E-state index in [1.54, 1.807) is 24.3 Å². The van der Waals surface area contributed by atoms with Crippen LogP contribution < -0.4 is 22.5 Å². The van der Waals surface area contributed by atoms with Gasteiger partial charge in [0, 0.05) is 11.1 Å². The lowest BCUT2D eigenvalue weighted by atomic mass is 9.96. The van der Waals surface area contributed by atoms with Crippen molar-refractivity contribution in [1.82, 2.24) is 10.9 Å². The third-order valence-corrected chi connectivity index (χ3v) is 3.63. The Labute approximate surface area is 126 Å². The predicted molar refractivity (Wildman–Crippen MR) is 84.8 cm³/mol. The first-order valence-corrected chi connectivity index (χ1v) is 6.63. The van der Waals surface area contributed by atoms with E-state index in [4.69, 9.17) is 11.7 Å². The van der Waals surface area contributed by atoms with Crippen LogP contribution in [0, 0.1) is 0 Å². The molecule has 2 amide bonds. The zero-order valence-electron chi connectivity index (χ0n) is 11.6. The molecule has 0 aliphatic rings. The number of hydrogen-bond donors (Lipinski definition) is 4. The summed E-state index contributed by atoms with van der Waals surface area (Å²) >= 11 is 0. The first-order valence-electron chi connectivity index (χ1n) is 6.63. The maximum absolute atomic E-state index is 11.9. The van der Waals surface area contributed by atoms with Crippen LogP contribution >= 0.6 is 0 Å². The molecular formula is C16H14N4O2. The molecule has 3 rings (SSSR count). The minimum Gasteiger partial charge on any atom is -0.290 e. The summed E-state index contributed by atoms with van der Waals surface area (Å²) in [5, 5.41) is 3.21. The van der Waals surface area contributed by atoms with E-state index in [2.05, 4.69) is 10.9 Å². The molecule has 0 aliphatic heterocycles. The van der Waals surface area contributed by atoms with Gasteiger partial charge in [-0.2, -0.15) is 0 Å². The van der Waals surface area contributed by atoms with Gasteiger partial charge >= 0.3 is 0 Å². The van der Waals surface area contributed by atoms with Gasteiger partial charge < -0.3 is 0 Å². The van der Waals surface area contributed by atoms with Crippen LogP contribution in [0.2, 0.25) is 0 Å². The third-order valence-electron chi connectivity index (χ3n) is 3.63. The van der Waals surface area contributed by atoms with E-state index in [0.29, 0.717) is 11.1 Å². The molecule has 0 saturated heterocycles. The van der Waals surface area contributed by atoms with Crippen molar-refractivity contribution in [1.29, 1.82) is 0 Å². The van der Waals surface area contributed by atoms with Crippen molar-refractivity contribution in [3.05, 3.63) is 59.7 Å². The maximum atomic E-state index is 11.9. The number of rotatable bonds is 2. The van der Waals surface area contributed by atoms with E-state index in [1.807, 2.05) is 24.3 Å². The van der Waals surface area contributed by atoms with Crippen molar-refractivity contribution >= 4 is 33.4 Å². The van der Waals surface area contributed by atoms with Crippen LogP contribution in [-0.4, -0.2) is 11.8 Å². The highest BCUT2D eigenvalue weighted by Gasteiger charge is 2.12. The third kappa shape index (κ3) is 2.16. The number of nitrogens with one attached hydrogen (secondary N) is 2. The van der Waals surface area contributed by atoms with Gasteiger partial charge in [0.2, 0.25) is 0 Å². The van der Waals surface area contributed by atoms with Crippen molar-refractivity contribution < 1.29 is 9.59 Å². The van der Waals surface area contributed by atoms with Crippen LogP contribution in [-0.2, 0) is 0 Å². The van der Waals surface area contributed by atoms with E-state index in [1.165, 1.54) is 0 Å². The smallest absolute Gasteiger partial charge is 0.265 e. The van der Waals surface area contributed by atoms with Gasteiger partial charge in [-0.05, 0) is 45.8 Å². The SMILES string of the molecule is NNC(=O)c1cccc2cc3c(C(=O)NN)cccc3cc12. The lowest BCUT2D eigenvalue weighted by Crippen LogP contribution is -2.30. The average Bonchev–Trinajstić information content (AvgIpc) is 2.57. The number of amides is 2. The Bertz CT molecular complexity index is 830.